The van der Waals surface area contributed by atoms with Crippen LogP contribution in [0.2, 0.25) is 10.0 Å². The number of alkyl halides is 3. The Bertz CT molecular complexity index is 1630. The molecule has 0 saturated carbocycles. The van der Waals surface area contributed by atoms with Crippen molar-refractivity contribution in [2.75, 3.05) is 13.7 Å². The van der Waals surface area contributed by atoms with Gasteiger partial charge in [0.25, 0.3) is 0 Å². The number of aliphatic hydroxyl groups is 1. The average molecular weight is 676 g/mol. The number of thioether (sulfide) groups is 1. The molecule has 0 amide bonds. The Morgan fingerprint density at radius 2 is 1.77 bits per heavy atom. The summed E-state index contributed by atoms with van der Waals surface area (Å²) in [5.74, 6) is -2.74. The Kier molecular flexibility index (Phi) is 10.5. The van der Waals surface area contributed by atoms with Gasteiger partial charge in [0.2, 0.25) is 0 Å². The largest absolute Gasteiger partial charge is 0.495 e. The minimum Gasteiger partial charge on any atom is -0.495 e. The highest BCUT2D eigenvalue weighted by atomic mass is 35.5. The Morgan fingerprint density at radius 3 is 2.36 bits per heavy atom. The van der Waals surface area contributed by atoms with Crippen LogP contribution in [0, 0.1) is 11.6 Å². The molecule has 1 aromatic heterocycles. The van der Waals surface area contributed by atoms with Crippen molar-refractivity contribution in [2.24, 2.45) is 0 Å². The van der Waals surface area contributed by atoms with Crippen molar-refractivity contribution in [3.8, 4) is 11.4 Å². The summed E-state index contributed by atoms with van der Waals surface area (Å²) in [5.41, 5.74) is 2.77. The molecular formula is C30H25Cl2F5N2O4S. The summed E-state index contributed by atoms with van der Waals surface area (Å²) in [4.78, 5) is 13.8. The van der Waals surface area contributed by atoms with Crippen molar-refractivity contribution in [1.29, 1.82) is 0 Å². The van der Waals surface area contributed by atoms with Crippen LogP contribution in [-0.2, 0) is 22.4 Å². The number of aromatic nitrogens is 2. The second kappa shape index (κ2) is 13.8. The predicted octanol–water partition coefficient (Wildman–Crippen LogP) is 8.01. The maximum atomic E-state index is 14.5. The van der Waals surface area contributed by atoms with E-state index in [1.165, 1.54) is 30.0 Å². The topological polar surface area (TPSA) is 84.6 Å². The maximum absolute atomic E-state index is 14.5. The van der Waals surface area contributed by atoms with Crippen LogP contribution in [0.15, 0.2) is 65.8 Å². The van der Waals surface area contributed by atoms with E-state index in [-0.39, 0.29) is 24.0 Å². The maximum Gasteiger partial charge on any atom is 0.490 e. The zero-order valence-corrected chi connectivity index (χ0v) is 25.3. The van der Waals surface area contributed by atoms with E-state index in [1.807, 2.05) is 16.7 Å². The van der Waals surface area contributed by atoms with E-state index in [0.29, 0.717) is 45.0 Å². The molecule has 234 valence electrons. The number of hydrogen-bond acceptors (Lipinski definition) is 5. The highest BCUT2D eigenvalue weighted by molar-refractivity contribution is 7.98. The van der Waals surface area contributed by atoms with Gasteiger partial charge in [-0.2, -0.15) is 13.2 Å². The zero-order valence-electron chi connectivity index (χ0n) is 23.0. The van der Waals surface area contributed by atoms with E-state index >= 15 is 0 Å². The van der Waals surface area contributed by atoms with Crippen molar-refractivity contribution in [1.82, 2.24) is 9.55 Å². The fraction of sp³-hybridized carbons (Fsp3) is 0.267. The Hall–Kier alpha value is -3.32. The number of halogens is 7. The molecule has 14 heteroatoms. The van der Waals surface area contributed by atoms with Gasteiger partial charge in [-0.05, 0) is 73.4 Å². The SMILES string of the molecule is COc1cc(C2(CO)CCCc3nc(SCc4c(F)cccc4Cl)n(-c4ccc(F)cc4)c32)ccc1Cl.O=C(O)C(F)(F)F. The van der Waals surface area contributed by atoms with Gasteiger partial charge < -0.3 is 14.9 Å². The molecule has 3 aromatic carbocycles. The van der Waals surface area contributed by atoms with Gasteiger partial charge in [0.1, 0.15) is 17.4 Å². The summed E-state index contributed by atoms with van der Waals surface area (Å²) in [6.45, 7) is -0.180. The molecule has 1 unspecified atom stereocenters. The fourth-order valence-corrected chi connectivity index (χ4v) is 6.57. The first-order valence-corrected chi connectivity index (χ1v) is 14.7. The van der Waals surface area contributed by atoms with Gasteiger partial charge >= 0.3 is 12.1 Å². The molecule has 1 atom stereocenters. The first-order valence-electron chi connectivity index (χ1n) is 13.0. The van der Waals surface area contributed by atoms with E-state index in [4.69, 9.17) is 42.8 Å². The zero-order chi connectivity index (χ0) is 32.2. The first kappa shape index (κ1) is 33.6. The fourth-order valence-electron chi connectivity index (χ4n) is 5.00. The molecule has 2 N–H and O–H groups in total. The van der Waals surface area contributed by atoms with E-state index in [9.17, 15) is 27.1 Å². The second-order valence-electron chi connectivity index (χ2n) is 9.74. The number of aliphatic hydroxyl groups excluding tert-OH is 1. The molecule has 0 saturated heterocycles. The normalized spacial score (nSPS) is 16.1. The van der Waals surface area contributed by atoms with Crippen LogP contribution < -0.4 is 4.74 Å². The molecule has 0 bridgehead atoms. The summed E-state index contributed by atoms with van der Waals surface area (Å²) >= 11 is 13.9. The number of fused-ring (bicyclic) bond motifs is 1. The molecule has 5 rings (SSSR count). The molecule has 1 aliphatic rings. The lowest BCUT2D eigenvalue weighted by Gasteiger charge is -2.37. The van der Waals surface area contributed by atoms with Crippen LogP contribution in [0.5, 0.6) is 5.75 Å². The third kappa shape index (κ3) is 6.98. The van der Waals surface area contributed by atoms with Gasteiger partial charge in [0.15, 0.2) is 5.16 Å². The number of carboxylic acid groups (broad SMARTS) is 1. The third-order valence-electron chi connectivity index (χ3n) is 7.10. The van der Waals surface area contributed by atoms with Crippen LogP contribution in [0.3, 0.4) is 0 Å². The van der Waals surface area contributed by atoms with Gasteiger partial charge in [-0.15, -0.1) is 0 Å². The Balaban J connectivity index is 0.000000566. The van der Waals surface area contributed by atoms with E-state index in [1.54, 1.807) is 37.4 Å². The van der Waals surface area contributed by atoms with Crippen molar-refractivity contribution < 1.29 is 41.7 Å². The smallest absolute Gasteiger partial charge is 0.490 e. The Morgan fingerprint density at radius 1 is 1.09 bits per heavy atom. The highest BCUT2D eigenvalue weighted by Gasteiger charge is 2.43. The third-order valence-corrected chi connectivity index (χ3v) is 8.73. The number of methoxy groups -OCH3 is 1. The number of aliphatic carboxylic acids is 1. The van der Waals surface area contributed by atoms with Gasteiger partial charge in [0.05, 0.1) is 35.5 Å². The number of imidazole rings is 1. The number of aryl methyl sites for hydroxylation is 1. The van der Waals surface area contributed by atoms with Crippen molar-refractivity contribution in [3.63, 3.8) is 0 Å². The van der Waals surface area contributed by atoms with Gasteiger partial charge in [-0.25, -0.2) is 18.6 Å². The lowest BCUT2D eigenvalue weighted by molar-refractivity contribution is -0.192. The molecule has 1 heterocycles. The minimum atomic E-state index is -5.08. The molecule has 0 aliphatic heterocycles. The summed E-state index contributed by atoms with van der Waals surface area (Å²) in [6, 6.07) is 16.2. The van der Waals surface area contributed by atoms with Crippen LogP contribution in [-0.4, -0.2) is 45.6 Å². The van der Waals surface area contributed by atoms with Gasteiger partial charge in [-0.1, -0.05) is 47.1 Å². The molecule has 0 spiro atoms. The van der Waals surface area contributed by atoms with Gasteiger partial charge in [-0.3, -0.25) is 4.57 Å². The summed E-state index contributed by atoms with van der Waals surface area (Å²) in [7, 11) is 1.55. The standard InChI is InChI=1S/C28H24Cl2F2N2O2S.C2HF3O2/c1-36-25-14-17(7-12-22(25)30)28(16-35)13-3-6-24-26(28)34(19-10-8-18(31)9-11-19)27(33-24)37-15-20-21(29)4-2-5-23(20)32;3-2(4,5)1(6)7/h2,4-5,7-12,14,35H,3,6,13,15-16H2,1H3;(H,6,7). The Labute approximate surface area is 263 Å². The number of carboxylic acids is 1. The lowest BCUT2D eigenvalue weighted by Crippen LogP contribution is -2.38. The number of carbonyl (C=O) groups is 1. The predicted molar refractivity (Wildman–Crippen MR) is 157 cm³/mol. The second-order valence-corrected chi connectivity index (χ2v) is 11.5. The summed E-state index contributed by atoms with van der Waals surface area (Å²) < 4.78 is 67.6. The van der Waals surface area contributed by atoms with Crippen LogP contribution in [0.4, 0.5) is 22.0 Å². The summed E-state index contributed by atoms with van der Waals surface area (Å²) in [5, 5.41) is 19.5. The van der Waals surface area contributed by atoms with E-state index in [0.717, 1.165) is 23.4 Å². The molecule has 0 fully saturated rings. The van der Waals surface area contributed by atoms with E-state index < -0.39 is 17.6 Å². The molecular weight excluding hydrogens is 650 g/mol. The van der Waals surface area contributed by atoms with Crippen molar-refractivity contribution in [3.05, 3.63) is 105 Å². The minimum absolute atomic E-state index is 0.180. The number of nitrogens with zero attached hydrogens (tertiary/aromatic N) is 2. The molecule has 6 nitrogen and oxygen atoms in total. The number of benzene rings is 3. The van der Waals surface area contributed by atoms with Crippen molar-refractivity contribution >= 4 is 40.9 Å². The average Bonchev–Trinajstić information content (AvgIpc) is 3.36. The van der Waals surface area contributed by atoms with E-state index in [2.05, 4.69) is 0 Å². The number of ether oxygens (including phenoxy) is 1. The lowest BCUT2D eigenvalue weighted by atomic mass is 9.70. The first-order chi connectivity index (χ1) is 20.8. The molecule has 44 heavy (non-hydrogen) atoms. The van der Waals surface area contributed by atoms with Crippen LogP contribution >= 0.6 is 35.0 Å². The monoisotopic (exact) mass is 674 g/mol. The highest BCUT2D eigenvalue weighted by Crippen LogP contribution is 2.47. The van der Waals surface area contributed by atoms with Crippen molar-refractivity contribution in [2.45, 2.75) is 41.8 Å². The molecule has 4 aromatic rings. The van der Waals surface area contributed by atoms with Crippen LogP contribution in [0.25, 0.3) is 5.69 Å². The molecule has 1 aliphatic carbocycles. The number of hydrogen-bond donors (Lipinski definition) is 2. The number of rotatable bonds is 7. The summed E-state index contributed by atoms with van der Waals surface area (Å²) in [6.07, 6.45) is -2.90. The van der Waals surface area contributed by atoms with Gasteiger partial charge in [0, 0.05) is 22.0 Å². The van der Waals surface area contributed by atoms with Crippen LogP contribution in [0.1, 0.15) is 35.4 Å². The quantitative estimate of drug-likeness (QED) is 0.153. The molecule has 0 radical (unpaired) electrons.